The average Bonchev–Trinajstić information content (AvgIpc) is 2.99. The zero-order chi connectivity index (χ0) is 14.4. The van der Waals surface area contributed by atoms with Crippen LogP contribution in [0.25, 0.3) is 0 Å². The van der Waals surface area contributed by atoms with Crippen LogP contribution in [0.2, 0.25) is 0 Å². The van der Waals surface area contributed by atoms with Gasteiger partial charge in [-0.25, -0.2) is 4.79 Å². The number of rotatable bonds is 5. The van der Waals surface area contributed by atoms with Crippen LogP contribution < -0.4 is 5.32 Å². The summed E-state index contributed by atoms with van der Waals surface area (Å²) in [6.45, 7) is -0.355. The van der Waals surface area contributed by atoms with Gasteiger partial charge in [0, 0.05) is 0 Å². The molecule has 2 rings (SSSR count). The molecule has 1 heterocycles. The number of anilines is 1. The van der Waals surface area contributed by atoms with E-state index < -0.39 is 11.9 Å². The molecule has 0 fully saturated rings. The van der Waals surface area contributed by atoms with Gasteiger partial charge in [-0.05, 0) is 24.3 Å². The molecule has 0 unspecified atom stereocenters. The number of amides is 1. The fourth-order valence-electron chi connectivity index (χ4n) is 1.58. The van der Waals surface area contributed by atoms with E-state index in [1.165, 1.54) is 18.4 Å². The van der Waals surface area contributed by atoms with E-state index in [1.54, 1.807) is 24.3 Å². The van der Waals surface area contributed by atoms with Crippen molar-refractivity contribution in [2.45, 2.75) is 0 Å². The minimum Gasteiger partial charge on any atom is -0.460 e. The monoisotopic (exact) mass is 275 g/mol. The zero-order valence-electron chi connectivity index (χ0n) is 10.5. The van der Waals surface area contributed by atoms with Gasteiger partial charge in [0.05, 0.1) is 24.1 Å². The SMILES string of the molecule is O=C(Nc1ccccc1C(=O)OCCO)c1ccco1. The molecule has 0 spiro atoms. The van der Waals surface area contributed by atoms with Crippen molar-refractivity contribution in [2.75, 3.05) is 18.5 Å². The first-order valence-electron chi connectivity index (χ1n) is 5.94. The Morgan fingerprint density at radius 1 is 1.20 bits per heavy atom. The highest BCUT2D eigenvalue weighted by Crippen LogP contribution is 2.17. The predicted molar refractivity (Wildman–Crippen MR) is 70.5 cm³/mol. The number of carbonyl (C=O) groups is 2. The van der Waals surface area contributed by atoms with E-state index in [9.17, 15) is 9.59 Å². The number of furan rings is 1. The fraction of sp³-hybridized carbons (Fsp3) is 0.143. The van der Waals surface area contributed by atoms with Gasteiger partial charge in [-0.15, -0.1) is 0 Å². The van der Waals surface area contributed by atoms with E-state index in [0.29, 0.717) is 5.69 Å². The number of para-hydroxylation sites is 1. The van der Waals surface area contributed by atoms with Gasteiger partial charge in [0.15, 0.2) is 5.76 Å². The van der Waals surface area contributed by atoms with Crippen LogP contribution in [0.1, 0.15) is 20.9 Å². The summed E-state index contributed by atoms with van der Waals surface area (Å²) in [5, 5.41) is 11.2. The highest BCUT2D eigenvalue weighted by molar-refractivity contribution is 6.06. The smallest absolute Gasteiger partial charge is 0.340 e. The third kappa shape index (κ3) is 3.24. The Labute approximate surface area is 115 Å². The number of hydrogen-bond donors (Lipinski definition) is 2. The molecule has 0 atom stereocenters. The van der Waals surface area contributed by atoms with Gasteiger partial charge < -0.3 is 19.6 Å². The molecule has 0 saturated heterocycles. The van der Waals surface area contributed by atoms with E-state index in [4.69, 9.17) is 14.3 Å². The van der Waals surface area contributed by atoms with Crippen molar-refractivity contribution in [3.63, 3.8) is 0 Å². The van der Waals surface area contributed by atoms with Gasteiger partial charge in [0.25, 0.3) is 5.91 Å². The molecule has 0 aliphatic carbocycles. The molecular weight excluding hydrogens is 262 g/mol. The lowest BCUT2D eigenvalue weighted by Gasteiger charge is -2.09. The van der Waals surface area contributed by atoms with Crippen molar-refractivity contribution >= 4 is 17.6 Å². The number of nitrogens with one attached hydrogen (secondary N) is 1. The topological polar surface area (TPSA) is 88.8 Å². The third-order valence-corrected chi connectivity index (χ3v) is 2.46. The molecule has 2 aromatic rings. The summed E-state index contributed by atoms with van der Waals surface area (Å²) in [7, 11) is 0. The Hall–Kier alpha value is -2.60. The van der Waals surface area contributed by atoms with Gasteiger partial charge >= 0.3 is 5.97 Å². The maximum atomic E-state index is 11.9. The quantitative estimate of drug-likeness (QED) is 0.810. The number of aliphatic hydroxyl groups excluding tert-OH is 1. The summed E-state index contributed by atoms with van der Waals surface area (Å²) < 4.78 is 9.80. The largest absolute Gasteiger partial charge is 0.460 e. The molecule has 0 aliphatic heterocycles. The Morgan fingerprint density at radius 3 is 2.70 bits per heavy atom. The average molecular weight is 275 g/mol. The first-order chi connectivity index (χ1) is 9.72. The van der Waals surface area contributed by atoms with Crippen molar-refractivity contribution in [2.24, 2.45) is 0 Å². The molecule has 1 aromatic heterocycles. The molecule has 0 bridgehead atoms. The number of benzene rings is 1. The van der Waals surface area contributed by atoms with E-state index >= 15 is 0 Å². The van der Waals surface area contributed by atoms with Gasteiger partial charge in [0.2, 0.25) is 0 Å². The number of hydrogen-bond acceptors (Lipinski definition) is 5. The molecule has 6 nitrogen and oxygen atoms in total. The van der Waals surface area contributed by atoms with E-state index in [2.05, 4.69) is 5.32 Å². The second-order valence-electron chi connectivity index (χ2n) is 3.84. The Bertz CT molecular complexity index is 591. The summed E-state index contributed by atoms with van der Waals surface area (Å²) in [6, 6.07) is 9.55. The molecule has 1 aromatic carbocycles. The van der Waals surface area contributed by atoms with Crippen LogP contribution in [0.4, 0.5) is 5.69 Å². The van der Waals surface area contributed by atoms with Crippen LogP contribution in [0, 0.1) is 0 Å². The van der Waals surface area contributed by atoms with Crippen molar-refractivity contribution in [1.29, 1.82) is 0 Å². The van der Waals surface area contributed by atoms with Gasteiger partial charge in [-0.1, -0.05) is 12.1 Å². The summed E-state index contributed by atoms with van der Waals surface area (Å²) in [4.78, 5) is 23.7. The molecule has 6 heteroatoms. The van der Waals surface area contributed by atoms with E-state index in [1.807, 2.05) is 0 Å². The summed E-state index contributed by atoms with van der Waals surface area (Å²) >= 11 is 0. The minimum atomic E-state index is -0.616. The predicted octanol–water partition coefficient (Wildman–Crippen LogP) is 1.68. The Morgan fingerprint density at radius 2 is 2.00 bits per heavy atom. The van der Waals surface area contributed by atoms with Crippen LogP contribution >= 0.6 is 0 Å². The molecule has 2 N–H and O–H groups in total. The fourth-order valence-corrected chi connectivity index (χ4v) is 1.58. The lowest BCUT2D eigenvalue weighted by Crippen LogP contribution is -2.16. The zero-order valence-corrected chi connectivity index (χ0v) is 10.5. The van der Waals surface area contributed by atoms with Crippen LogP contribution in [0.15, 0.2) is 47.1 Å². The maximum absolute atomic E-state index is 11.9. The highest BCUT2D eigenvalue weighted by Gasteiger charge is 2.16. The van der Waals surface area contributed by atoms with Gasteiger partial charge in [-0.2, -0.15) is 0 Å². The molecule has 104 valence electrons. The lowest BCUT2D eigenvalue weighted by molar-refractivity contribution is 0.0435. The molecule has 20 heavy (non-hydrogen) atoms. The van der Waals surface area contributed by atoms with Crippen LogP contribution in [0.5, 0.6) is 0 Å². The number of carbonyl (C=O) groups excluding carboxylic acids is 2. The summed E-state index contributed by atoms with van der Waals surface area (Å²) in [6.07, 6.45) is 1.39. The van der Waals surface area contributed by atoms with Crippen LogP contribution in [-0.2, 0) is 4.74 Å². The van der Waals surface area contributed by atoms with E-state index in [-0.39, 0.29) is 24.5 Å². The first kappa shape index (κ1) is 13.8. The number of esters is 1. The molecule has 0 saturated carbocycles. The van der Waals surface area contributed by atoms with Crippen LogP contribution in [-0.4, -0.2) is 30.2 Å². The first-order valence-corrected chi connectivity index (χ1v) is 5.94. The van der Waals surface area contributed by atoms with Crippen molar-refractivity contribution in [1.82, 2.24) is 0 Å². The highest BCUT2D eigenvalue weighted by atomic mass is 16.5. The second-order valence-corrected chi connectivity index (χ2v) is 3.84. The minimum absolute atomic E-state index is 0.0979. The molecule has 0 aliphatic rings. The van der Waals surface area contributed by atoms with Crippen molar-refractivity contribution in [3.05, 3.63) is 54.0 Å². The van der Waals surface area contributed by atoms with Gasteiger partial charge in [0.1, 0.15) is 6.61 Å². The molecule has 0 radical (unpaired) electrons. The molecule has 1 amide bonds. The van der Waals surface area contributed by atoms with Crippen molar-refractivity contribution in [3.8, 4) is 0 Å². The summed E-state index contributed by atoms with van der Waals surface area (Å²) in [5.74, 6) is -0.935. The normalized spacial score (nSPS) is 10.1. The summed E-state index contributed by atoms with van der Waals surface area (Å²) in [5.41, 5.74) is 0.526. The molecular formula is C14H13NO5. The Kier molecular flexibility index (Phi) is 4.52. The Balaban J connectivity index is 2.15. The third-order valence-electron chi connectivity index (χ3n) is 2.46. The van der Waals surface area contributed by atoms with Gasteiger partial charge in [-0.3, -0.25) is 4.79 Å². The van der Waals surface area contributed by atoms with Crippen LogP contribution in [0.3, 0.4) is 0 Å². The number of aliphatic hydroxyl groups is 1. The number of ether oxygens (including phenoxy) is 1. The second kappa shape index (κ2) is 6.53. The maximum Gasteiger partial charge on any atom is 0.340 e. The standard InChI is InChI=1S/C14H13NO5/c16-7-9-20-14(18)10-4-1-2-5-11(10)15-13(17)12-6-3-8-19-12/h1-6,8,16H,7,9H2,(H,15,17). The van der Waals surface area contributed by atoms with E-state index in [0.717, 1.165) is 0 Å². The lowest BCUT2D eigenvalue weighted by atomic mass is 10.1. The van der Waals surface area contributed by atoms with Crippen molar-refractivity contribution < 1.29 is 23.8 Å².